The van der Waals surface area contributed by atoms with E-state index in [1.807, 2.05) is 30.4 Å². The maximum Gasteiger partial charge on any atom is 0.0814 e. The third kappa shape index (κ3) is 2.67. The molecule has 2 heteroatoms. The maximum atomic E-state index is 9.33. The van der Waals surface area contributed by atoms with Gasteiger partial charge in [0.15, 0.2) is 0 Å². The van der Waals surface area contributed by atoms with Crippen molar-refractivity contribution in [1.29, 1.82) is 0 Å². The van der Waals surface area contributed by atoms with Crippen LogP contribution in [0.5, 0.6) is 0 Å². The molecular formula is C13H16O2. The average Bonchev–Trinajstić information content (AvgIpc) is 2.81. The SMILES string of the molecule is OC[C@H](Cc1ccccc1)[C@@H]1C=CCO1. The van der Waals surface area contributed by atoms with Crippen molar-refractivity contribution in [3.63, 3.8) is 0 Å². The van der Waals surface area contributed by atoms with Crippen molar-refractivity contribution in [2.75, 3.05) is 13.2 Å². The Kier molecular flexibility index (Phi) is 3.54. The van der Waals surface area contributed by atoms with Gasteiger partial charge in [0.2, 0.25) is 0 Å². The molecule has 80 valence electrons. The summed E-state index contributed by atoms with van der Waals surface area (Å²) in [6, 6.07) is 10.2. The highest BCUT2D eigenvalue weighted by Gasteiger charge is 2.21. The van der Waals surface area contributed by atoms with Gasteiger partial charge in [-0.05, 0) is 12.0 Å². The van der Waals surface area contributed by atoms with Crippen LogP contribution in [-0.4, -0.2) is 24.4 Å². The summed E-state index contributed by atoms with van der Waals surface area (Å²) in [5.41, 5.74) is 1.25. The van der Waals surface area contributed by atoms with Gasteiger partial charge >= 0.3 is 0 Å². The van der Waals surface area contributed by atoms with E-state index in [2.05, 4.69) is 12.1 Å². The molecule has 1 heterocycles. The zero-order chi connectivity index (χ0) is 10.5. The minimum Gasteiger partial charge on any atom is -0.396 e. The molecule has 2 atom stereocenters. The Morgan fingerprint density at radius 1 is 1.33 bits per heavy atom. The topological polar surface area (TPSA) is 29.5 Å². The van der Waals surface area contributed by atoms with Crippen LogP contribution in [0.2, 0.25) is 0 Å². The van der Waals surface area contributed by atoms with Gasteiger partial charge in [-0.1, -0.05) is 42.5 Å². The molecule has 1 aliphatic heterocycles. The molecule has 0 saturated carbocycles. The second-order valence-corrected chi connectivity index (χ2v) is 3.86. The van der Waals surface area contributed by atoms with Gasteiger partial charge in [-0.15, -0.1) is 0 Å². The van der Waals surface area contributed by atoms with Crippen LogP contribution in [0.1, 0.15) is 5.56 Å². The van der Waals surface area contributed by atoms with Gasteiger partial charge in [-0.25, -0.2) is 0 Å². The molecule has 1 aromatic rings. The summed E-state index contributed by atoms with van der Waals surface area (Å²) in [6.45, 7) is 0.847. The molecule has 0 aliphatic carbocycles. The minimum absolute atomic E-state index is 0.0789. The number of ether oxygens (including phenoxy) is 1. The van der Waals surface area contributed by atoms with Crippen molar-refractivity contribution in [2.45, 2.75) is 12.5 Å². The minimum atomic E-state index is 0.0789. The zero-order valence-electron chi connectivity index (χ0n) is 8.67. The highest BCUT2D eigenvalue weighted by atomic mass is 16.5. The molecule has 0 radical (unpaired) electrons. The molecule has 2 rings (SSSR count). The summed E-state index contributed by atoms with van der Waals surface area (Å²) >= 11 is 0. The van der Waals surface area contributed by atoms with Crippen molar-refractivity contribution in [3.05, 3.63) is 48.0 Å². The number of rotatable bonds is 4. The first kappa shape index (κ1) is 10.4. The van der Waals surface area contributed by atoms with Gasteiger partial charge in [-0.2, -0.15) is 0 Å². The summed E-state index contributed by atoms with van der Waals surface area (Å²) in [6.07, 6.45) is 5.00. The molecule has 0 bridgehead atoms. The molecule has 0 amide bonds. The highest BCUT2D eigenvalue weighted by Crippen LogP contribution is 2.18. The van der Waals surface area contributed by atoms with E-state index in [0.717, 1.165) is 6.42 Å². The first-order chi connectivity index (χ1) is 7.40. The van der Waals surface area contributed by atoms with Crippen molar-refractivity contribution < 1.29 is 9.84 Å². The van der Waals surface area contributed by atoms with E-state index in [-0.39, 0.29) is 18.6 Å². The summed E-state index contributed by atoms with van der Waals surface area (Å²) < 4.78 is 5.51. The Labute approximate surface area is 90.2 Å². The maximum absolute atomic E-state index is 9.33. The van der Waals surface area contributed by atoms with Crippen LogP contribution in [0.4, 0.5) is 0 Å². The number of hydrogen-bond acceptors (Lipinski definition) is 2. The van der Waals surface area contributed by atoms with Crippen molar-refractivity contribution in [1.82, 2.24) is 0 Å². The number of aliphatic hydroxyl groups excluding tert-OH is 1. The normalized spacial score (nSPS) is 21.8. The molecule has 1 aromatic carbocycles. The second-order valence-electron chi connectivity index (χ2n) is 3.86. The lowest BCUT2D eigenvalue weighted by molar-refractivity contribution is 0.0526. The fourth-order valence-electron chi connectivity index (χ4n) is 1.91. The molecule has 1 aliphatic rings. The van der Waals surface area contributed by atoms with Gasteiger partial charge < -0.3 is 9.84 Å². The summed E-state index contributed by atoms with van der Waals surface area (Å²) in [7, 11) is 0. The molecule has 15 heavy (non-hydrogen) atoms. The summed E-state index contributed by atoms with van der Waals surface area (Å²) in [5, 5.41) is 9.33. The van der Waals surface area contributed by atoms with E-state index in [1.54, 1.807) is 0 Å². The van der Waals surface area contributed by atoms with Crippen LogP contribution >= 0.6 is 0 Å². The summed E-state index contributed by atoms with van der Waals surface area (Å²) in [5.74, 6) is 0.172. The third-order valence-corrected chi connectivity index (χ3v) is 2.75. The Hall–Kier alpha value is -1.12. The summed E-state index contributed by atoms with van der Waals surface area (Å²) in [4.78, 5) is 0. The smallest absolute Gasteiger partial charge is 0.0814 e. The second kappa shape index (κ2) is 5.10. The Balaban J connectivity index is 1.99. The number of hydrogen-bond donors (Lipinski definition) is 1. The highest BCUT2D eigenvalue weighted by molar-refractivity contribution is 5.16. The van der Waals surface area contributed by atoms with Crippen LogP contribution in [0.15, 0.2) is 42.5 Å². The fraction of sp³-hybridized carbons (Fsp3) is 0.385. The average molecular weight is 204 g/mol. The van der Waals surface area contributed by atoms with E-state index >= 15 is 0 Å². The Morgan fingerprint density at radius 3 is 2.73 bits per heavy atom. The first-order valence-corrected chi connectivity index (χ1v) is 5.33. The quantitative estimate of drug-likeness (QED) is 0.758. The van der Waals surface area contributed by atoms with E-state index < -0.39 is 0 Å². The van der Waals surface area contributed by atoms with Gasteiger partial charge in [-0.3, -0.25) is 0 Å². The monoisotopic (exact) mass is 204 g/mol. The van der Waals surface area contributed by atoms with Crippen LogP contribution < -0.4 is 0 Å². The Bertz CT molecular complexity index is 319. The largest absolute Gasteiger partial charge is 0.396 e. The molecule has 0 saturated heterocycles. The van der Waals surface area contributed by atoms with Crippen LogP contribution in [-0.2, 0) is 11.2 Å². The van der Waals surface area contributed by atoms with Gasteiger partial charge in [0, 0.05) is 12.5 Å². The van der Waals surface area contributed by atoms with E-state index in [0.29, 0.717) is 6.61 Å². The predicted molar refractivity (Wildman–Crippen MR) is 59.6 cm³/mol. The lowest BCUT2D eigenvalue weighted by Crippen LogP contribution is -2.24. The van der Waals surface area contributed by atoms with Crippen molar-refractivity contribution >= 4 is 0 Å². The number of aliphatic hydroxyl groups is 1. The first-order valence-electron chi connectivity index (χ1n) is 5.33. The van der Waals surface area contributed by atoms with E-state index in [4.69, 9.17) is 4.74 Å². The van der Waals surface area contributed by atoms with Crippen molar-refractivity contribution in [2.24, 2.45) is 5.92 Å². The zero-order valence-corrected chi connectivity index (χ0v) is 8.67. The van der Waals surface area contributed by atoms with E-state index in [1.165, 1.54) is 5.56 Å². The van der Waals surface area contributed by atoms with Gasteiger partial charge in [0.05, 0.1) is 12.7 Å². The fourth-order valence-corrected chi connectivity index (χ4v) is 1.91. The molecular weight excluding hydrogens is 188 g/mol. The molecule has 0 fully saturated rings. The molecule has 0 spiro atoms. The lowest BCUT2D eigenvalue weighted by atomic mass is 9.95. The van der Waals surface area contributed by atoms with Gasteiger partial charge in [0.25, 0.3) is 0 Å². The Morgan fingerprint density at radius 2 is 2.13 bits per heavy atom. The van der Waals surface area contributed by atoms with Crippen LogP contribution in [0, 0.1) is 5.92 Å². The molecule has 2 nitrogen and oxygen atoms in total. The van der Waals surface area contributed by atoms with Gasteiger partial charge in [0.1, 0.15) is 0 Å². The lowest BCUT2D eigenvalue weighted by Gasteiger charge is -2.19. The molecule has 0 unspecified atom stereocenters. The van der Waals surface area contributed by atoms with E-state index in [9.17, 15) is 5.11 Å². The third-order valence-electron chi connectivity index (χ3n) is 2.75. The standard InChI is InChI=1S/C13H16O2/c14-10-12(13-7-4-8-15-13)9-11-5-2-1-3-6-11/h1-7,12-14H,8-10H2/t12-,13-/m0/s1. The number of benzene rings is 1. The molecule has 1 N–H and O–H groups in total. The van der Waals surface area contributed by atoms with Crippen LogP contribution in [0.25, 0.3) is 0 Å². The van der Waals surface area contributed by atoms with Crippen molar-refractivity contribution in [3.8, 4) is 0 Å². The predicted octanol–water partition coefficient (Wildman–Crippen LogP) is 1.79. The molecule has 0 aromatic heterocycles. The van der Waals surface area contributed by atoms with Crippen LogP contribution in [0.3, 0.4) is 0 Å².